The van der Waals surface area contributed by atoms with Crippen LogP contribution in [-0.4, -0.2) is 32.7 Å². The predicted molar refractivity (Wildman–Crippen MR) is 23.8 cm³/mol. The van der Waals surface area contributed by atoms with Crippen LogP contribution in [0.3, 0.4) is 0 Å². The normalized spacial score (nSPS) is 15.0. The second-order valence-electron chi connectivity index (χ2n) is 1.27. The van der Waals surface area contributed by atoms with Gasteiger partial charge in [-0.3, -0.25) is 0 Å². The quantitative estimate of drug-likeness (QED) is 0.509. The standard InChI is InChI=1S/C3H3AsF5O/c1-10-3(8,9)4-2(5,6)7/h1H3. The fourth-order valence-corrected chi connectivity index (χ4v) is 1.00. The van der Waals surface area contributed by atoms with Gasteiger partial charge in [0.25, 0.3) is 0 Å². The molecular formula is C3H3AsF5O. The van der Waals surface area contributed by atoms with E-state index in [0.717, 1.165) is 0 Å². The molecule has 0 fully saturated rings. The van der Waals surface area contributed by atoms with Crippen molar-refractivity contribution in [3.8, 4) is 0 Å². The van der Waals surface area contributed by atoms with Gasteiger partial charge >= 0.3 is 59.4 Å². The minimum absolute atomic E-state index is 0.543. The van der Waals surface area contributed by atoms with Crippen molar-refractivity contribution in [1.82, 2.24) is 0 Å². The fourth-order valence-electron chi connectivity index (χ4n) is 0.193. The third kappa shape index (κ3) is 4.99. The van der Waals surface area contributed by atoms with Crippen LogP contribution in [-0.2, 0) is 4.74 Å². The van der Waals surface area contributed by atoms with Crippen molar-refractivity contribution in [2.24, 2.45) is 0 Å². The van der Waals surface area contributed by atoms with Crippen molar-refractivity contribution in [3.05, 3.63) is 0 Å². The van der Waals surface area contributed by atoms with Crippen LogP contribution in [0.1, 0.15) is 0 Å². The van der Waals surface area contributed by atoms with E-state index >= 15 is 0 Å². The molecule has 61 valence electrons. The molecule has 7 heteroatoms. The maximum atomic E-state index is 11.7. The van der Waals surface area contributed by atoms with Crippen LogP contribution in [0.15, 0.2) is 0 Å². The van der Waals surface area contributed by atoms with E-state index in [2.05, 4.69) is 4.74 Å². The van der Waals surface area contributed by atoms with Gasteiger partial charge in [0.15, 0.2) is 0 Å². The summed E-state index contributed by atoms with van der Waals surface area (Å²) in [5, 5.41) is 0. The summed E-state index contributed by atoms with van der Waals surface area (Å²) >= 11 is -3.08. The van der Waals surface area contributed by atoms with Crippen molar-refractivity contribution >= 4 is 15.8 Å². The molecule has 1 radical (unpaired) electrons. The first kappa shape index (κ1) is 10.2. The van der Waals surface area contributed by atoms with E-state index in [-0.39, 0.29) is 0 Å². The maximum absolute atomic E-state index is 11.7. The third-order valence-corrected chi connectivity index (χ3v) is 1.96. The Bertz CT molecular complexity index is 110. The van der Waals surface area contributed by atoms with E-state index in [0.29, 0.717) is 7.11 Å². The second-order valence-corrected chi connectivity index (χ2v) is 3.90. The molecule has 0 N–H and O–H groups in total. The van der Waals surface area contributed by atoms with Gasteiger partial charge in [0.05, 0.1) is 0 Å². The topological polar surface area (TPSA) is 9.23 Å². The van der Waals surface area contributed by atoms with Gasteiger partial charge in [0, 0.05) is 0 Å². The summed E-state index contributed by atoms with van der Waals surface area (Å²) < 4.78 is 60.5. The molecule has 0 saturated carbocycles. The first-order valence-corrected chi connectivity index (χ1v) is 3.88. The Kier molecular flexibility index (Phi) is 3.10. The second kappa shape index (κ2) is 3.05. The van der Waals surface area contributed by atoms with Crippen molar-refractivity contribution < 1.29 is 26.7 Å². The van der Waals surface area contributed by atoms with E-state index in [4.69, 9.17) is 0 Å². The first-order valence-electron chi connectivity index (χ1n) is 2.00. The Morgan fingerprint density at radius 3 is 1.60 bits per heavy atom. The van der Waals surface area contributed by atoms with Crippen LogP contribution in [0.2, 0.25) is 0 Å². The van der Waals surface area contributed by atoms with Gasteiger partial charge in [-0.25, -0.2) is 0 Å². The van der Waals surface area contributed by atoms with E-state index < -0.39 is 25.6 Å². The Labute approximate surface area is 60.2 Å². The molecule has 0 unspecified atom stereocenters. The molecule has 0 heterocycles. The molecule has 0 aromatic carbocycles. The summed E-state index contributed by atoms with van der Waals surface area (Å²) in [6.45, 7) is 0. The van der Waals surface area contributed by atoms with Gasteiger partial charge in [0.2, 0.25) is 0 Å². The van der Waals surface area contributed by atoms with Crippen molar-refractivity contribution in [1.29, 1.82) is 0 Å². The first-order chi connectivity index (χ1) is 4.27. The Hall–Kier alpha value is 0.168. The number of alkyl halides is 5. The zero-order valence-electron chi connectivity index (χ0n) is 4.75. The van der Waals surface area contributed by atoms with Crippen LogP contribution in [0, 0.1) is 0 Å². The minimum atomic E-state index is -4.80. The molecule has 0 atom stereocenters. The number of methoxy groups -OCH3 is 1. The summed E-state index contributed by atoms with van der Waals surface area (Å²) in [6, 6.07) is 0. The number of ether oxygens (including phenoxy) is 1. The van der Waals surface area contributed by atoms with E-state index in [1.807, 2.05) is 0 Å². The summed E-state index contributed by atoms with van der Waals surface area (Å²) in [5.41, 5.74) is 0. The molecule has 0 aromatic rings. The average Bonchev–Trinajstić information content (AvgIpc) is 1.60. The predicted octanol–water partition coefficient (Wildman–Crippen LogP) is 1.41. The van der Waals surface area contributed by atoms with Crippen LogP contribution < -0.4 is 0 Å². The molecule has 0 spiro atoms. The molecule has 0 amide bonds. The Balaban J connectivity index is 3.89. The molecule has 0 aliphatic carbocycles. The molecule has 0 bridgehead atoms. The van der Waals surface area contributed by atoms with Gasteiger partial charge < -0.3 is 0 Å². The molecular weight excluding hydrogens is 222 g/mol. The molecule has 0 rings (SSSR count). The fraction of sp³-hybridized carbons (Fsp3) is 1.00. The summed E-state index contributed by atoms with van der Waals surface area (Å²) in [7, 11) is 0.543. The average molecular weight is 225 g/mol. The summed E-state index contributed by atoms with van der Waals surface area (Å²) in [5.74, 6) is 0. The van der Waals surface area contributed by atoms with Gasteiger partial charge in [-0.2, -0.15) is 0 Å². The Morgan fingerprint density at radius 2 is 1.50 bits per heavy atom. The van der Waals surface area contributed by atoms with Gasteiger partial charge in [-0.1, -0.05) is 0 Å². The van der Waals surface area contributed by atoms with Crippen LogP contribution >= 0.6 is 0 Å². The third-order valence-electron chi connectivity index (χ3n) is 0.503. The number of rotatable bonds is 2. The van der Waals surface area contributed by atoms with Crippen LogP contribution in [0.25, 0.3) is 0 Å². The van der Waals surface area contributed by atoms with Crippen molar-refractivity contribution in [2.45, 2.75) is 9.86 Å². The van der Waals surface area contributed by atoms with Gasteiger partial charge in [-0.15, -0.1) is 0 Å². The molecule has 0 saturated heterocycles. The summed E-state index contributed by atoms with van der Waals surface area (Å²) in [6.07, 6.45) is 0. The number of hydrogen-bond acceptors (Lipinski definition) is 1. The van der Waals surface area contributed by atoms with Gasteiger partial charge in [0.1, 0.15) is 0 Å². The SMILES string of the molecule is COC(F)(F)[As]C(F)(F)F. The van der Waals surface area contributed by atoms with E-state index in [9.17, 15) is 22.0 Å². The van der Waals surface area contributed by atoms with Crippen molar-refractivity contribution in [3.63, 3.8) is 0 Å². The monoisotopic (exact) mass is 225 g/mol. The summed E-state index contributed by atoms with van der Waals surface area (Å²) in [4.78, 5) is -8.80. The molecule has 0 aromatic heterocycles. The number of hydrogen-bond donors (Lipinski definition) is 0. The molecule has 0 aliphatic rings. The number of halogens is 5. The van der Waals surface area contributed by atoms with Crippen LogP contribution in [0.4, 0.5) is 22.0 Å². The van der Waals surface area contributed by atoms with Crippen molar-refractivity contribution in [2.75, 3.05) is 7.11 Å². The zero-order chi connectivity index (χ0) is 8.41. The van der Waals surface area contributed by atoms with E-state index in [1.54, 1.807) is 0 Å². The molecule has 0 aliphatic heterocycles. The molecule has 1 nitrogen and oxygen atoms in total. The van der Waals surface area contributed by atoms with E-state index in [1.165, 1.54) is 0 Å². The Morgan fingerprint density at radius 1 is 1.10 bits per heavy atom. The van der Waals surface area contributed by atoms with Gasteiger partial charge in [-0.05, 0) is 0 Å². The molecule has 10 heavy (non-hydrogen) atoms. The van der Waals surface area contributed by atoms with Crippen LogP contribution in [0.5, 0.6) is 0 Å². The zero-order valence-corrected chi connectivity index (χ0v) is 6.62.